The second kappa shape index (κ2) is 7.48. The van der Waals surface area contributed by atoms with Crippen LogP contribution >= 0.6 is 0 Å². The highest BCUT2D eigenvalue weighted by atomic mass is 16.2. The van der Waals surface area contributed by atoms with Crippen molar-refractivity contribution in [2.75, 3.05) is 23.3 Å². The van der Waals surface area contributed by atoms with Crippen molar-refractivity contribution in [2.24, 2.45) is 0 Å². The van der Waals surface area contributed by atoms with Gasteiger partial charge in [0.05, 0.1) is 11.4 Å². The van der Waals surface area contributed by atoms with Gasteiger partial charge in [-0.1, -0.05) is 18.7 Å². The van der Waals surface area contributed by atoms with E-state index in [1.165, 1.54) is 6.92 Å². The Kier molecular flexibility index (Phi) is 5.97. The molecule has 0 aromatic heterocycles. The minimum Gasteiger partial charge on any atom is -0.384 e. The summed E-state index contributed by atoms with van der Waals surface area (Å²) in [6, 6.07) is 7.60. The Balaban J connectivity index is 2.94. The number of Topliss-reactive ketones (excluding diaryl/α,β-unsaturated/α-hetero) is 1. The molecule has 4 heteroatoms. The number of amides is 1. The van der Waals surface area contributed by atoms with Crippen molar-refractivity contribution in [3.63, 3.8) is 0 Å². The van der Waals surface area contributed by atoms with Gasteiger partial charge in [0.2, 0.25) is 5.91 Å². The molecule has 20 heavy (non-hydrogen) atoms. The molecule has 0 saturated carbocycles. The number of ketones is 1. The number of allylic oxidation sites excluding steroid dienone is 1. The Labute approximate surface area is 120 Å². The largest absolute Gasteiger partial charge is 0.384 e. The van der Waals surface area contributed by atoms with Crippen LogP contribution in [0.4, 0.5) is 11.4 Å². The minimum absolute atomic E-state index is 0.0165. The molecule has 0 atom stereocenters. The van der Waals surface area contributed by atoms with Crippen LogP contribution in [0.1, 0.15) is 27.2 Å². The first kappa shape index (κ1) is 16.0. The number of carbonyl (C=O) groups excluding carboxylic acids is 2. The van der Waals surface area contributed by atoms with E-state index in [0.29, 0.717) is 12.1 Å². The topological polar surface area (TPSA) is 49.4 Å². The van der Waals surface area contributed by atoms with Gasteiger partial charge in [-0.2, -0.15) is 0 Å². The number of nitrogens with one attached hydrogen (secondary N) is 1. The highest BCUT2D eigenvalue weighted by molar-refractivity contribution is 5.98. The maximum absolute atomic E-state index is 11.8. The molecule has 0 fully saturated rings. The van der Waals surface area contributed by atoms with Gasteiger partial charge in [-0.05, 0) is 31.6 Å². The third kappa shape index (κ3) is 4.23. The van der Waals surface area contributed by atoms with Crippen molar-refractivity contribution in [3.8, 4) is 0 Å². The van der Waals surface area contributed by atoms with Gasteiger partial charge in [0.25, 0.3) is 0 Å². The molecule has 1 amide bonds. The van der Waals surface area contributed by atoms with Crippen molar-refractivity contribution in [3.05, 3.63) is 36.4 Å². The van der Waals surface area contributed by atoms with E-state index in [1.807, 2.05) is 31.2 Å². The molecule has 0 unspecified atom stereocenters. The lowest BCUT2D eigenvalue weighted by Crippen LogP contribution is -2.31. The van der Waals surface area contributed by atoms with E-state index >= 15 is 0 Å². The normalized spacial score (nSPS) is 9.95. The molecule has 1 rings (SSSR count). The minimum atomic E-state index is -0.0788. The molecule has 0 aliphatic rings. The molecule has 1 aromatic carbocycles. The van der Waals surface area contributed by atoms with Crippen LogP contribution in [-0.2, 0) is 9.59 Å². The SMILES string of the molecule is C=C(C)C(=O)CCN(C(C)=O)c1ccccc1NCC. The second-order valence-corrected chi connectivity index (χ2v) is 4.67. The average Bonchev–Trinajstić information content (AvgIpc) is 2.40. The number of rotatable bonds is 7. The number of para-hydroxylation sites is 2. The molecule has 0 radical (unpaired) electrons. The van der Waals surface area contributed by atoms with Gasteiger partial charge in [0.1, 0.15) is 0 Å². The van der Waals surface area contributed by atoms with Crippen LogP contribution in [0, 0.1) is 0 Å². The molecule has 108 valence electrons. The van der Waals surface area contributed by atoms with E-state index in [0.717, 1.165) is 17.9 Å². The second-order valence-electron chi connectivity index (χ2n) is 4.67. The summed E-state index contributed by atoms with van der Waals surface area (Å²) in [7, 11) is 0. The maximum Gasteiger partial charge on any atom is 0.223 e. The first-order chi connectivity index (χ1) is 9.47. The maximum atomic E-state index is 11.8. The summed E-state index contributed by atoms with van der Waals surface area (Å²) in [5, 5.41) is 3.23. The first-order valence-corrected chi connectivity index (χ1v) is 6.77. The van der Waals surface area contributed by atoms with Crippen LogP contribution in [0.5, 0.6) is 0 Å². The zero-order valence-corrected chi connectivity index (χ0v) is 12.4. The Morgan fingerprint density at radius 1 is 1.25 bits per heavy atom. The van der Waals surface area contributed by atoms with Crippen LogP contribution in [0.15, 0.2) is 36.4 Å². The first-order valence-electron chi connectivity index (χ1n) is 6.77. The highest BCUT2D eigenvalue weighted by Crippen LogP contribution is 2.26. The van der Waals surface area contributed by atoms with E-state index in [2.05, 4.69) is 11.9 Å². The Hall–Kier alpha value is -2.10. The van der Waals surface area contributed by atoms with Crippen LogP contribution in [0.25, 0.3) is 0 Å². The molecule has 4 nitrogen and oxygen atoms in total. The molecular weight excluding hydrogens is 252 g/mol. The summed E-state index contributed by atoms with van der Waals surface area (Å²) in [5.41, 5.74) is 2.22. The van der Waals surface area contributed by atoms with Crippen LogP contribution in [0.2, 0.25) is 0 Å². The quantitative estimate of drug-likeness (QED) is 0.778. The molecule has 0 saturated heterocycles. The van der Waals surface area contributed by atoms with Gasteiger partial charge in [-0.3, -0.25) is 9.59 Å². The van der Waals surface area contributed by atoms with Gasteiger partial charge in [0, 0.05) is 26.4 Å². The van der Waals surface area contributed by atoms with Gasteiger partial charge < -0.3 is 10.2 Å². The zero-order chi connectivity index (χ0) is 15.1. The van der Waals surface area contributed by atoms with Gasteiger partial charge in [-0.15, -0.1) is 0 Å². The summed E-state index contributed by atoms with van der Waals surface area (Å²) < 4.78 is 0. The Morgan fingerprint density at radius 3 is 2.45 bits per heavy atom. The van der Waals surface area contributed by atoms with Crippen molar-refractivity contribution in [1.29, 1.82) is 0 Å². The van der Waals surface area contributed by atoms with E-state index < -0.39 is 0 Å². The van der Waals surface area contributed by atoms with Crippen LogP contribution in [-0.4, -0.2) is 24.8 Å². The Morgan fingerprint density at radius 2 is 1.90 bits per heavy atom. The molecule has 1 N–H and O–H groups in total. The molecule has 1 aromatic rings. The zero-order valence-electron chi connectivity index (χ0n) is 12.4. The fraction of sp³-hybridized carbons (Fsp3) is 0.375. The average molecular weight is 274 g/mol. The smallest absolute Gasteiger partial charge is 0.223 e. The van der Waals surface area contributed by atoms with Gasteiger partial charge in [-0.25, -0.2) is 0 Å². The van der Waals surface area contributed by atoms with Gasteiger partial charge in [0.15, 0.2) is 5.78 Å². The molecule has 0 aliphatic heterocycles. The van der Waals surface area contributed by atoms with Crippen molar-refractivity contribution in [2.45, 2.75) is 27.2 Å². The number of nitrogens with zero attached hydrogens (tertiary/aromatic N) is 1. The fourth-order valence-electron chi connectivity index (χ4n) is 1.92. The third-order valence-corrected chi connectivity index (χ3v) is 2.98. The summed E-state index contributed by atoms with van der Waals surface area (Å²) in [6.07, 6.45) is 0.287. The lowest BCUT2D eigenvalue weighted by Gasteiger charge is -2.24. The Bertz CT molecular complexity index is 509. The van der Waals surface area contributed by atoms with Crippen molar-refractivity contribution < 1.29 is 9.59 Å². The lowest BCUT2D eigenvalue weighted by atomic mass is 10.1. The number of anilines is 2. The van der Waals surface area contributed by atoms with Crippen molar-refractivity contribution in [1.82, 2.24) is 0 Å². The summed E-state index contributed by atoms with van der Waals surface area (Å²) in [6.45, 7) is 9.96. The predicted octanol–water partition coefficient (Wildman–Crippen LogP) is 3.01. The van der Waals surface area contributed by atoms with Crippen LogP contribution < -0.4 is 10.2 Å². The number of benzene rings is 1. The third-order valence-electron chi connectivity index (χ3n) is 2.98. The standard InChI is InChI=1S/C16H22N2O2/c1-5-17-14-8-6-7-9-15(14)18(13(4)19)11-10-16(20)12(2)3/h6-9,17H,2,5,10-11H2,1,3-4H3. The molecular formula is C16H22N2O2. The number of hydrogen-bond donors (Lipinski definition) is 1. The molecule has 0 heterocycles. The summed E-state index contributed by atoms with van der Waals surface area (Å²) >= 11 is 0. The molecule has 0 spiro atoms. The van der Waals surface area contributed by atoms with Crippen LogP contribution in [0.3, 0.4) is 0 Å². The molecule has 0 bridgehead atoms. The highest BCUT2D eigenvalue weighted by Gasteiger charge is 2.16. The lowest BCUT2D eigenvalue weighted by molar-refractivity contribution is -0.117. The van der Waals surface area contributed by atoms with E-state index in [9.17, 15) is 9.59 Å². The van der Waals surface area contributed by atoms with E-state index in [-0.39, 0.29) is 18.1 Å². The summed E-state index contributed by atoms with van der Waals surface area (Å²) in [4.78, 5) is 25.1. The molecule has 0 aliphatic carbocycles. The number of carbonyl (C=O) groups is 2. The predicted molar refractivity (Wildman–Crippen MR) is 83.1 cm³/mol. The number of hydrogen-bond acceptors (Lipinski definition) is 3. The fourth-order valence-corrected chi connectivity index (χ4v) is 1.92. The van der Waals surface area contributed by atoms with Crippen molar-refractivity contribution >= 4 is 23.1 Å². The van der Waals surface area contributed by atoms with E-state index in [4.69, 9.17) is 0 Å². The monoisotopic (exact) mass is 274 g/mol. The van der Waals surface area contributed by atoms with E-state index in [1.54, 1.807) is 11.8 Å². The van der Waals surface area contributed by atoms with Gasteiger partial charge >= 0.3 is 0 Å². The summed E-state index contributed by atoms with van der Waals surface area (Å²) in [5.74, 6) is -0.0953.